The second kappa shape index (κ2) is 7.19. The summed E-state index contributed by atoms with van der Waals surface area (Å²) in [6.45, 7) is 2.31. The highest BCUT2D eigenvalue weighted by molar-refractivity contribution is 5.86. The van der Waals surface area contributed by atoms with Gasteiger partial charge in [-0.25, -0.2) is 0 Å². The Morgan fingerprint density at radius 3 is 2.41 bits per heavy atom. The van der Waals surface area contributed by atoms with Crippen LogP contribution in [0.25, 0.3) is 0 Å². The third kappa shape index (κ3) is 4.82. The maximum atomic E-state index is 12.2. The molecule has 1 unspecified atom stereocenters. The summed E-state index contributed by atoms with van der Waals surface area (Å²) < 4.78 is 0. The normalized spacial score (nSPS) is 20.2. The number of aliphatic hydroxyl groups is 1. The van der Waals surface area contributed by atoms with Crippen molar-refractivity contribution >= 4 is 18.3 Å². The zero-order valence-corrected chi connectivity index (χ0v) is 11.6. The van der Waals surface area contributed by atoms with Crippen molar-refractivity contribution in [2.24, 2.45) is 5.73 Å². The molecule has 102 valence electrons. The van der Waals surface area contributed by atoms with Crippen molar-refractivity contribution < 1.29 is 9.90 Å². The Hall–Kier alpha value is -0.320. The average molecular weight is 265 g/mol. The molecule has 0 saturated heterocycles. The number of hydrogen-bond donors (Lipinski definition) is 2. The molecule has 0 aromatic rings. The van der Waals surface area contributed by atoms with Gasteiger partial charge in [-0.3, -0.25) is 4.79 Å². The molecule has 4 nitrogen and oxygen atoms in total. The summed E-state index contributed by atoms with van der Waals surface area (Å²) in [5, 5.41) is 9.19. The molecular formula is C12H25ClN2O2. The van der Waals surface area contributed by atoms with Gasteiger partial charge in [0.1, 0.15) is 0 Å². The topological polar surface area (TPSA) is 66.6 Å². The number of halogens is 1. The molecule has 0 heterocycles. The molecule has 0 aromatic heterocycles. The summed E-state index contributed by atoms with van der Waals surface area (Å²) in [6.07, 6.45) is 5.12. The van der Waals surface area contributed by atoms with Crippen molar-refractivity contribution in [3.05, 3.63) is 0 Å². The lowest BCUT2D eigenvalue weighted by Crippen LogP contribution is -2.55. The number of nitrogens with zero attached hydrogens (tertiary/aromatic N) is 1. The molecule has 1 aliphatic rings. The molecule has 1 aliphatic carbocycles. The average Bonchev–Trinajstić information content (AvgIpc) is 2.25. The standard InChI is InChI=1S/C12H24N2O2.ClH/c1-10(15)6-9-14(2)11(16)12(13)7-4-3-5-8-12;/h10,15H,3-9,13H2,1-2H3;1H. The third-order valence-electron chi connectivity index (χ3n) is 3.40. The maximum absolute atomic E-state index is 12.2. The van der Waals surface area contributed by atoms with Crippen LogP contribution in [0, 0.1) is 0 Å². The molecule has 1 fully saturated rings. The van der Waals surface area contributed by atoms with E-state index >= 15 is 0 Å². The van der Waals surface area contributed by atoms with Crippen LogP contribution in [0.2, 0.25) is 0 Å². The van der Waals surface area contributed by atoms with E-state index in [1.54, 1.807) is 18.9 Å². The van der Waals surface area contributed by atoms with Crippen LogP contribution in [0.3, 0.4) is 0 Å². The van der Waals surface area contributed by atoms with Crippen molar-refractivity contribution in [2.75, 3.05) is 13.6 Å². The molecule has 3 N–H and O–H groups in total. The predicted molar refractivity (Wildman–Crippen MR) is 71.2 cm³/mol. The van der Waals surface area contributed by atoms with Crippen LogP contribution in [0.5, 0.6) is 0 Å². The second-order valence-electron chi connectivity index (χ2n) is 5.08. The first-order valence-electron chi connectivity index (χ1n) is 6.18. The van der Waals surface area contributed by atoms with Crippen molar-refractivity contribution in [3.8, 4) is 0 Å². The highest BCUT2D eigenvalue weighted by atomic mass is 35.5. The quantitative estimate of drug-likeness (QED) is 0.804. The minimum absolute atomic E-state index is 0. The van der Waals surface area contributed by atoms with Gasteiger partial charge in [-0.1, -0.05) is 19.3 Å². The number of carbonyl (C=O) groups is 1. The van der Waals surface area contributed by atoms with Crippen molar-refractivity contribution in [3.63, 3.8) is 0 Å². The van der Waals surface area contributed by atoms with E-state index in [1.165, 1.54) is 6.42 Å². The fraction of sp³-hybridized carbons (Fsp3) is 0.917. The van der Waals surface area contributed by atoms with Gasteiger partial charge in [0.2, 0.25) is 5.91 Å². The van der Waals surface area contributed by atoms with Gasteiger partial charge in [0.25, 0.3) is 0 Å². The summed E-state index contributed by atoms with van der Waals surface area (Å²) in [7, 11) is 1.77. The molecule has 1 saturated carbocycles. The lowest BCUT2D eigenvalue weighted by molar-refractivity contribution is -0.137. The Bertz CT molecular complexity index is 241. The number of hydrogen-bond acceptors (Lipinski definition) is 3. The van der Waals surface area contributed by atoms with E-state index in [0.717, 1.165) is 25.7 Å². The Morgan fingerprint density at radius 2 is 1.94 bits per heavy atom. The van der Waals surface area contributed by atoms with E-state index < -0.39 is 5.54 Å². The van der Waals surface area contributed by atoms with Gasteiger partial charge in [-0.15, -0.1) is 12.4 Å². The largest absolute Gasteiger partial charge is 0.393 e. The lowest BCUT2D eigenvalue weighted by Gasteiger charge is -2.35. The predicted octanol–water partition coefficient (Wildman–Crippen LogP) is 1.30. The van der Waals surface area contributed by atoms with E-state index in [9.17, 15) is 9.90 Å². The minimum Gasteiger partial charge on any atom is -0.393 e. The molecule has 1 atom stereocenters. The van der Waals surface area contributed by atoms with Crippen molar-refractivity contribution in [1.82, 2.24) is 4.90 Å². The molecule has 1 rings (SSSR count). The molecule has 1 amide bonds. The zero-order chi connectivity index (χ0) is 12.2. The number of rotatable bonds is 4. The van der Waals surface area contributed by atoms with E-state index in [0.29, 0.717) is 13.0 Å². The van der Waals surface area contributed by atoms with Crippen LogP contribution >= 0.6 is 12.4 Å². The Morgan fingerprint density at radius 1 is 1.41 bits per heavy atom. The van der Waals surface area contributed by atoms with Gasteiger partial charge in [-0.05, 0) is 26.2 Å². The highest BCUT2D eigenvalue weighted by Crippen LogP contribution is 2.27. The summed E-state index contributed by atoms with van der Waals surface area (Å²) in [5.74, 6) is 0.0350. The molecule has 5 heteroatoms. The van der Waals surface area contributed by atoms with Gasteiger partial charge in [0.15, 0.2) is 0 Å². The Balaban J connectivity index is 0.00000256. The molecule has 0 aliphatic heterocycles. The third-order valence-corrected chi connectivity index (χ3v) is 3.40. The minimum atomic E-state index is -0.647. The number of carbonyl (C=O) groups excluding carboxylic acids is 1. The molecule has 0 bridgehead atoms. The monoisotopic (exact) mass is 264 g/mol. The lowest BCUT2D eigenvalue weighted by atomic mass is 9.81. The molecule has 0 spiro atoms. The first kappa shape index (κ1) is 16.7. The van der Waals surface area contributed by atoms with Crippen molar-refractivity contribution in [1.29, 1.82) is 0 Å². The second-order valence-corrected chi connectivity index (χ2v) is 5.08. The van der Waals surface area contributed by atoms with Crippen LogP contribution in [0.1, 0.15) is 45.4 Å². The van der Waals surface area contributed by atoms with Gasteiger partial charge < -0.3 is 15.7 Å². The molecular weight excluding hydrogens is 240 g/mol. The van der Waals surface area contributed by atoms with E-state index in [4.69, 9.17) is 5.73 Å². The number of likely N-dealkylation sites (N-methyl/N-ethyl adjacent to an activating group) is 1. The van der Waals surface area contributed by atoms with Crippen LogP contribution in [0.4, 0.5) is 0 Å². The van der Waals surface area contributed by atoms with Crippen LogP contribution in [-0.2, 0) is 4.79 Å². The molecule has 17 heavy (non-hydrogen) atoms. The number of amides is 1. The SMILES string of the molecule is CC(O)CCN(C)C(=O)C1(N)CCCCC1.Cl. The molecule has 0 radical (unpaired) electrons. The smallest absolute Gasteiger partial charge is 0.242 e. The summed E-state index contributed by atoms with van der Waals surface area (Å²) in [5.41, 5.74) is 5.51. The Kier molecular flexibility index (Phi) is 7.05. The number of aliphatic hydroxyl groups excluding tert-OH is 1. The van der Waals surface area contributed by atoms with E-state index in [2.05, 4.69) is 0 Å². The summed E-state index contributed by atoms with van der Waals surface area (Å²) >= 11 is 0. The first-order valence-corrected chi connectivity index (χ1v) is 6.18. The van der Waals surface area contributed by atoms with Gasteiger partial charge >= 0.3 is 0 Å². The van der Waals surface area contributed by atoms with E-state index in [-0.39, 0.29) is 24.4 Å². The van der Waals surface area contributed by atoms with Gasteiger partial charge in [-0.2, -0.15) is 0 Å². The fourth-order valence-corrected chi connectivity index (χ4v) is 2.26. The maximum Gasteiger partial charge on any atom is 0.242 e. The Labute approximate surface area is 110 Å². The van der Waals surface area contributed by atoms with Crippen molar-refractivity contribution in [2.45, 2.75) is 57.1 Å². The summed E-state index contributed by atoms with van der Waals surface area (Å²) in [4.78, 5) is 13.8. The van der Waals surface area contributed by atoms with Crippen LogP contribution in [-0.4, -0.2) is 41.1 Å². The number of nitrogens with two attached hydrogens (primary N) is 1. The van der Waals surface area contributed by atoms with Gasteiger partial charge in [0.05, 0.1) is 11.6 Å². The fourth-order valence-electron chi connectivity index (χ4n) is 2.26. The van der Waals surface area contributed by atoms with E-state index in [1.807, 2.05) is 0 Å². The first-order chi connectivity index (χ1) is 7.46. The van der Waals surface area contributed by atoms with Crippen LogP contribution < -0.4 is 5.73 Å². The molecule has 0 aromatic carbocycles. The van der Waals surface area contributed by atoms with Gasteiger partial charge in [0, 0.05) is 13.6 Å². The highest BCUT2D eigenvalue weighted by Gasteiger charge is 2.37. The van der Waals surface area contributed by atoms with Crippen LogP contribution in [0.15, 0.2) is 0 Å². The zero-order valence-electron chi connectivity index (χ0n) is 10.8. The summed E-state index contributed by atoms with van der Waals surface area (Å²) in [6, 6.07) is 0.